The minimum Gasteiger partial charge on any atom is -0.494 e. The van der Waals surface area contributed by atoms with Crippen LogP contribution in [0.2, 0.25) is 0 Å². The molecule has 0 saturated carbocycles. The van der Waals surface area contributed by atoms with E-state index >= 15 is 0 Å². The first kappa shape index (κ1) is 80.7. The second-order valence-corrected chi connectivity index (χ2v) is 33.1. The summed E-state index contributed by atoms with van der Waals surface area (Å²) in [4.78, 5) is 9.44. The largest absolute Gasteiger partial charge is 0.494 e. The van der Waals surface area contributed by atoms with Crippen LogP contribution in [0.25, 0.3) is 56.7 Å². The van der Waals surface area contributed by atoms with E-state index in [-0.39, 0.29) is 10.8 Å². The van der Waals surface area contributed by atoms with Crippen molar-refractivity contribution in [3.63, 3.8) is 0 Å². The first-order valence-corrected chi connectivity index (χ1v) is 44.6. The molecule has 2 aliphatic carbocycles. The quantitative estimate of drug-likeness (QED) is 0.0374. The van der Waals surface area contributed by atoms with Crippen LogP contribution in [0.1, 0.15) is 109 Å². The summed E-state index contributed by atoms with van der Waals surface area (Å²) >= 11 is 0. The minimum absolute atomic E-state index is 0.339. The molecule has 0 heterocycles. The molecule has 2 unspecified atom stereocenters. The Balaban J connectivity index is 0.677. The molecular formula is C120H102N4O2. The second-order valence-electron chi connectivity index (χ2n) is 33.1. The molecule has 0 saturated heterocycles. The van der Waals surface area contributed by atoms with Gasteiger partial charge in [0.05, 0.1) is 13.2 Å². The Morgan fingerprint density at radius 2 is 0.444 bits per heavy atom. The second kappa shape index (κ2) is 37.4. The van der Waals surface area contributed by atoms with E-state index in [0.717, 1.165) is 166 Å². The van der Waals surface area contributed by atoms with Crippen molar-refractivity contribution in [3.05, 3.63) is 494 Å². The van der Waals surface area contributed by atoms with E-state index in [1.54, 1.807) is 0 Å². The fourth-order valence-corrected chi connectivity index (χ4v) is 19.4. The maximum absolute atomic E-state index is 6.22. The zero-order valence-electron chi connectivity index (χ0n) is 71.2. The number of unbranched alkanes of at least 4 members (excludes halogenated alkanes) is 6. The third kappa shape index (κ3) is 16.6. The number of rotatable bonds is 34. The van der Waals surface area contributed by atoms with Gasteiger partial charge in [0, 0.05) is 79.1 Å². The topological polar surface area (TPSA) is 31.4 Å². The highest BCUT2D eigenvalue weighted by Crippen LogP contribution is 2.58. The Morgan fingerprint density at radius 3 is 0.738 bits per heavy atom. The van der Waals surface area contributed by atoms with Gasteiger partial charge in [-0.05, 0) is 297 Å². The van der Waals surface area contributed by atoms with Crippen LogP contribution in [0.4, 0.5) is 68.2 Å². The summed E-state index contributed by atoms with van der Waals surface area (Å²) in [7, 11) is 0. The molecule has 0 N–H and O–H groups in total. The van der Waals surface area contributed by atoms with E-state index in [2.05, 4.69) is 445 Å². The average Bonchev–Trinajstić information content (AvgIpc) is 1.55. The number of ether oxygens (including phenoxy) is 2. The number of benzene rings is 17. The summed E-state index contributed by atoms with van der Waals surface area (Å²) in [5.41, 5.74) is 32.2. The minimum atomic E-state index is -0.339. The van der Waals surface area contributed by atoms with E-state index in [4.69, 9.17) is 9.47 Å². The first-order chi connectivity index (χ1) is 62.4. The molecule has 0 spiro atoms. The summed E-state index contributed by atoms with van der Waals surface area (Å²) in [6.07, 6.45) is 14.2. The predicted octanol–water partition coefficient (Wildman–Crippen LogP) is 32.9. The van der Waals surface area contributed by atoms with Crippen molar-refractivity contribution >= 4 is 80.4 Å². The molecule has 126 heavy (non-hydrogen) atoms. The number of nitrogens with zero attached hydrogens (tertiary/aromatic N) is 4. The summed E-state index contributed by atoms with van der Waals surface area (Å²) in [6, 6.07) is 160. The number of fused-ring (bicyclic) bond motifs is 6. The van der Waals surface area contributed by atoms with Gasteiger partial charge < -0.3 is 29.1 Å². The predicted molar refractivity (Wildman–Crippen MR) is 530 cm³/mol. The van der Waals surface area contributed by atoms with Gasteiger partial charge >= 0.3 is 0 Å². The normalized spacial score (nSPS) is 13.9. The van der Waals surface area contributed by atoms with Gasteiger partial charge in [-0.25, -0.2) is 0 Å². The fourth-order valence-electron chi connectivity index (χ4n) is 19.4. The standard InChI is InChI=1S/C120H102N4O2/c1-3-89-51-77-109(78-52-89)125-85-33-7-5-31-83-119(95-35-15-9-16-36-95)115-49-29-27-47-111(115)113-81-59-93(87-117(113)119)91-55-61-101(62-56-91)123(102-63-57-92(58-64-102)94-60-82-114-112-48-28-30-50-116(112)120(118(114)88-94,96-37-17-10-18-38-96)84-32-6-8-34-86-126-110-79-53-90(4-2)54-80-110)105-73-75-108(76-74-105)124(106-69-65-103(66-70-106)121(97-39-19-11-20-40-97)98-41-21-12-22-42-98)107-71-67-104(68-72-107)122(99-43-23-13-24-44-99)100-45-25-14-26-46-100/h3-4,9-30,35-82,87-88H,1-2,5-8,31-34,83-86H2. The summed E-state index contributed by atoms with van der Waals surface area (Å²) in [5, 5.41) is 0. The highest BCUT2D eigenvalue weighted by Gasteiger charge is 2.46. The molecule has 0 aromatic heterocycles. The smallest absolute Gasteiger partial charge is 0.119 e. The van der Waals surface area contributed by atoms with Crippen LogP contribution < -0.4 is 29.1 Å². The SMILES string of the molecule is C=Cc1ccc(OCCCCCCC2(c3ccccc3)c3ccccc3-c3ccc(-c4ccc(N(c5ccc(-c6ccc7c(c6)C(CCCCCCOc6ccc(C=C)cc6)(c6ccccc6)c6ccccc6-7)cc5)c5ccc(N(c6ccc(N(c7ccccc7)c7ccccc7)cc6)c6ccc(N(c7ccccc7)c7ccccc7)cc6)cc5)cc4)cc32)cc1. The molecule has 17 aromatic carbocycles. The van der Waals surface area contributed by atoms with Crippen molar-refractivity contribution in [1.82, 2.24) is 0 Å². The lowest BCUT2D eigenvalue weighted by molar-refractivity contribution is 0.303. The van der Waals surface area contributed by atoms with Gasteiger partial charge in [0.25, 0.3) is 0 Å². The molecule has 6 nitrogen and oxygen atoms in total. The van der Waals surface area contributed by atoms with Crippen LogP contribution in [0.3, 0.4) is 0 Å². The lowest BCUT2D eigenvalue weighted by atomic mass is 9.69. The number of anilines is 12. The van der Waals surface area contributed by atoms with Crippen molar-refractivity contribution < 1.29 is 9.47 Å². The Labute approximate surface area is 743 Å². The Bertz CT molecular complexity index is 6060. The van der Waals surface area contributed by atoms with Crippen molar-refractivity contribution in [3.8, 4) is 56.0 Å². The number of hydrogen-bond acceptors (Lipinski definition) is 6. The van der Waals surface area contributed by atoms with Gasteiger partial charge in [0.1, 0.15) is 11.5 Å². The number of hydrogen-bond donors (Lipinski definition) is 0. The molecule has 0 amide bonds. The van der Waals surface area contributed by atoms with Gasteiger partial charge in [0.2, 0.25) is 0 Å². The Morgan fingerprint density at radius 1 is 0.206 bits per heavy atom. The van der Waals surface area contributed by atoms with Crippen LogP contribution in [0.15, 0.2) is 450 Å². The zero-order chi connectivity index (χ0) is 84.9. The van der Waals surface area contributed by atoms with Crippen LogP contribution >= 0.6 is 0 Å². The first-order valence-electron chi connectivity index (χ1n) is 44.6. The fraction of sp³-hybridized carbons (Fsp3) is 0.117. The van der Waals surface area contributed by atoms with Gasteiger partial charge in [-0.1, -0.05) is 319 Å². The molecule has 2 atom stereocenters. The van der Waals surface area contributed by atoms with E-state index in [1.807, 2.05) is 36.4 Å². The molecule has 614 valence electrons. The third-order valence-corrected chi connectivity index (χ3v) is 25.6. The molecule has 0 fully saturated rings. The lowest BCUT2D eigenvalue weighted by Crippen LogP contribution is -2.27. The van der Waals surface area contributed by atoms with Gasteiger partial charge in [-0.2, -0.15) is 0 Å². The van der Waals surface area contributed by atoms with Crippen LogP contribution in [0.5, 0.6) is 11.5 Å². The maximum Gasteiger partial charge on any atom is 0.119 e. The Kier molecular flexibility index (Phi) is 24.0. The highest BCUT2D eigenvalue weighted by atomic mass is 16.5. The molecule has 19 rings (SSSR count). The molecule has 2 aliphatic rings. The van der Waals surface area contributed by atoms with Gasteiger partial charge in [0.15, 0.2) is 0 Å². The van der Waals surface area contributed by atoms with E-state index in [0.29, 0.717) is 13.2 Å². The number of para-hydroxylation sites is 4. The molecule has 17 aromatic rings. The third-order valence-electron chi connectivity index (χ3n) is 25.6. The molecule has 0 aliphatic heterocycles. The van der Waals surface area contributed by atoms with E-state index in [1.165, 1.54) is 66.8 Å². The summed E-state index contributed by atoms with van der Waals surface area (Å²) in [5.74, 6) is 1.81. The summed E-state index contributed by atoms with van der Waals surface area (Å²) < 4.78 is 12.4. The van der Waals surface area contributed by atoms with E-state index < -0.39 is 0 Å². The van der Waals surface area contributed by atoms with Gasteiger partial charge in [-0.15, -0.1) is 0 Å². The molecule has 6 heteroatoms. The average molecular weight is 1630 g/mol. The Hall–Kier alpha value is -15.0. The van der Waals surface area contributed by atoms with Crippen LogP contribution in [-0.4, -0.2) is 13.2 Å². The zero-order valence-corrected chi connectivity index (χ0v) is 71.2. The van der Waals surface area contributed by atoms with Crippen molar-refractivity contribution in [2.45, 2.75) is 75.0 Å². The lowest BCUT2D eigenvalue weighted by Gasteiger charge is -2.33. The van der Waals surface area contributed by atoms with Crippen LogP contribution in [-0.2, 0) is 10.8 Å². The molecular weight excluding hydrogens is 1530 g/mol. The van der Waals surface area contributed by atoms with Crippen molar-refractivity contribution in [1.29, 1.82) is 0 Å². The molecule has 0 bridgehead atoms. The van der Waals surface area contributed by atoms with Crippen molar-refractivity contribution in [2.24, 2.45) is 0 Å². The van der Waals surface area contributed by atoms with Crippen molar-refractivity contribution in [2.75, 3.05) is 32.8 Å². The maximum atomic E-state index is 6.22. The summed E-state index contributed by atoms with van der Waals surface area (Å²) in [6.45, 7) is 9.23. The van der Waals surface area contributed by atoms with Gasteiger partial charge in [-0.3, -0.25) is 0 Å². The van der Waals surface area contributed by atoms with Crippen LogP contribution in [0, 0.1) is 0 Å². The highest BCUT2D eigenvalue weighted by molar-refractivity contribution is 5.91. The molecule has 0 radical (unpaired) electrons. The monoisotopic (exact) mass is 1630 g/mol. The van der Waals surface area contributed by atoms with E-state index in [9.17, 15) is 0 Å².